The molecular formula is C13H12N2O4. The van der Waals surface area contributed by atoms with E-state index in [9.17, 15) is 4.79 Å². The topological polar surface area (TPSA) is 62.6 Å². The zero-order valence-electron chi connectivity index (χ0n) is 10.5. The minimum absolute atomic E-state index is 0.375. The minimum Gasteiger partial charge on any atom is -0.465 e. The molecule has 0 unspecified atom stereocenters. The van der Waals surface area contributed by atoms with E-state index in [0.717, 1.165) is 10.9 Å². The molecule has 6 nitrogen and oxygen atoms in total. The van der Waals surface area contributed by atoms with Crippen molar-refractivity contribution in [1.29, 1.82) is 0 Å². The van der Waals surface area contributed by atoms with E-state index >= 15 is 0 Å². The summed E-state index contributed by atoms with van der Waals surface area (Å²) in [5.41, 5.74) is 1.98. The van der Waals surface area contributed by atoms with Gasteiger partial charge in [0.2, 0.25) is 0 Å². The largest absolute Gasteiger partial charge is 0.465 e. The smallest absolute Gasteiger partial charge is 0.337 e. The molecular weight excluding hydrogens is 248 g/mol. The number of nitrogens with zero attached hydrogens (tertiary/aromatic N) is 2. The van der Waals surface area contributed by atoms with Crippen molar-refractivity contribution in [1.82, 2.24) is 9.78 Å². The number of hydrogen-bond acceptors (Lipinski definition) is 5. The van der Waals surface area contributed by atoms with E-state index in [4.69, 9.17) is 14.2 Å². The summed E-state index contributed by atoms with van der Waals surface area (Å²) >= 11 is 0. The summed E-state index contributed by atoms with van der Waals surface area (Å²) in [5, 5.41) is 5.25. The van der Waals surface area contributed by atoms with Crippen LogP contribution in [0, 0.1) is 0 Å². The van der Waals surface area contributed by atoms with Crippen molar-refractivity contribution in [3.63, 3.8) is 0 Å². The van der Waals surface area contributed by atoms with Crippen LogP contribution in [0.3, 0.4) is 0 Å². The molecule has 0 spiro atoms. The molecule has 19 heavy (non-hydrogen) atoms. The molecule has 1 aromatic carbocycles. The van der Waals surface area contributed by atoms with Crippen LogP contribution in [0.5, 0.6) is 0 Å². The number of carbonyl (C=O) groups is 1. The highest BCUT2D eigenvalue weighted by atomic mass is 16.7. The van der Waals surface area contributed by atoms with Crippen molar-refractivity contribution in [3.8, 4) is 0 Å². The van der Waals surface area contributed by atoms with Crippen LogP contribution in [-0.4, -0.2) is 22.9 Å². The number of aromatic nitrogens is 2. The van der Waals surface area contributed by atoms with E-state index in [1.807, 2.05) is 6.07 Å². The quantitative estimate of drug-likeness (QED) is 0.771. The van der Waals surface area contributed by atoms with Gasteiger partial charge in [-0.3, -0.25) is 4.68 Å². The molecule has 1 aliphatic heterocycles. The molecule has 3 rings (SSSR count). The Hall–Kier alpha value is -2.50. The van der Waals surface area contributed by atoms with Crippen LogP contribution in [0.15, 0.2) is 30.7 Å². The summed E-state index contributed by atoms with van der Waals surface area (Å²) in [4.78, 5) is 11.5. The Morgan fingerprint density at radius 2 is 2.11 bits per heavy atom. The Balaban J connectivity index is 2.10. The third-order valence-corrected chi connectivity index (χ3v) is 2.98. The molecule has 0 atom stereocenters. The number of methoxy groups -OCH3 is 1. The molecule has 1 aromatic heterocycles. The molecule has 6 heteroatoms. The number of ether oxygens (including phenoxy) is 3. The van der Waals surface area contributed by atoms with Gasteiger partial charge in [-0.15, -0.1) is 0 Å². The summed E-state index contributed by atoms with van der Waals surface area (Å²) in [6.07, 6.45) is 2.43. The van der Waals surface area contributed by atoms with Crippen LogP contribution in [0.25, 0.3) is 10.9 Å². The lowest BCUT2D eigenvalue weighted by atomic mass is 10.1. The van der Waals surface area contributed by atoms with Crippen molar-refractivity contribution in [2.45, 2.75) is 6.29 Å². The second-order valence-corrected chi connectivity index (χ2v) is 4.11. The van der Waals surface area contributed by atoms with Gasteiger partial charge in [0.1, 0.15) is 12.5 Å². The fourth-order valence-electron chi connectivity index (χ4n) is 2.07. The second kappa shape index (κ2) is 4.31. The molecule has 0 saturated carbocycles. The van der Waals surface area contributed by atoms with Gasteiger partial charge >= 0.3 is 5.97 Å². The van der Waals surface area contributed by atoms with Gasteiger partial charge in [0.15, 0.2) is 5.69 Å². The molecule has 2 aromatic rings. The Kier molecular flexibility index (Phi) is 2.63. The highest BCUT2D eigenvalue weighted by molar-refractivity contribution is 5.95. The van der Waals surface area contributed by atoms with E-state index in [-0.39, 0.29) is 5.97 Å². The van der Waals surface area contributed by atoms with Gasteiger partial charge in [0.05, 0.1) is 18.2 Å². The predicted molar refractivity (Wildman–Crippen MR) is 66.1 cm³/mol. The zero-order chi connectivity index (χ0) is 13.4. The molecule has 0 saturated heterocycles. The van der Waals surface area contributed by atoms with Gasteiger partial charge in [-0.05, 0) is 18.2 Å². The van der Waals surface area contributed by atoms with Gasteiger partial charge in [0.25, 0.3) is 6.29 Å². The number of rotatable bonds is 2. The standard InChI is InChI=1S/C13H12N2O4/c1-15-10-7-8(12(16)17-2)3-4-9(10)11(14-15)13-18-5-6-19-13/h3-7,13H,1-2H3. The lowest BCUT2D eigenvalue weighted by Crippen LogP contribution is -2.01. The van der Waals surface area contributed by atoms with E-state index < -0.39 is 6.29 Å². The summed E-state index contributed by atoms with van der Waals surface area (Å²) < 4.78 is 17.0. The van der Waals surface area contributed by atoms with Crippen LogP contribution < -0.4 is 0 Å². The summed E-state index contributed by atoms with van der Waals surface area (Å²) in [6, 6.07) is 5.25. The normalized spacial score (nSPS) is 14.4. The summed E-state index contributed by atoms with van der Waals surface area (Å²) in [6.45, 7) is 0. The summed E-state index contributed by atoms with van der Waals surface area (Å²) in [5.74, 6) is -0.375. The van der Waals surface area contributed by atoms with Gasteiger partial charge in [-0.1, -0.05) is 0 Å². The van der Waals surface area contributed by atoms with E-state index in [0.29, 0.717) is 11.3 Å². The lowest BCUT2D eigenvalue weighted by Gasteiger charge is -2.07. The molecule has 0 radical (unpaired) electrons. The lowest BCUT2D eigenvalue weighted by molar-refractivity contribution is -0.0272. The zero-order valence-corrected chi connectivity index (χ0v) is 10.5. The average Bonchev–Trinajstić information content (AvgIpc) is 3.06. The monoisotopic (exact) mass is 260 g/mol. The maximum Gasteiger partial charge on any atom is 0.337 e. The number of fused-ring (bicyclic) bond motifs is 1. The molecule has 0 aliphatic carbocycles. The van der Waals surface area contributed by atoms with Crippen LogP contribution in [-0.2, 0) is 21.3 Å². The average molecular weight is 260 g/mol. The SMILES string of the molecule is COC(=O)c1ccc2c(C3OC=CO3)nn(C)c2c1. The first kappa shape index (κ1) is 11.6. The maximum absolute atomic E-state index is 11.5. The molecule has 0 amide bonds. The predicted octanol–water partition coefficient (Wildman–Crippen LogP) is 1.88. The fraction of sp³-hybridized carbons (Fsp3) is 0.231. The Morgan fingerprint density at radius 1 is 1.37 bits per heavy atom. The number of carbonyl (C=O) groups excluding carboxylic acids is 1. The van der Waals surface area contributed by atoms with Crippen molar-refractivity contribution < 1.29 is 19.0 Å². The van der Waals surface area contributed by atoms with Crippen molar-refractivity contribution >= 4 is 16.9 Å². The number of benzene rings is 1. The number of aryl methyl sites for hydroxylation is 1. The first-order chi connectivity index (χ1) is 9.20. The van der Waals surface area contributed by atoms with Gasteiger partial charge in [-0.2, -0.15) is 5.10 Å². The van der Waals surface area contributed by atoms with Crippen molar-refractivity contribution in [2.24, 2.45) is 7.05 Å². The highest BCUT2D eigenvalue weighted by Gasteiger charge is 2.23. The molecule has 0 N–H and O–H groups in total. The molecule has 98 valence electrons. The highest BCUT2D eigenvalue weighted by Crippen LogP contribution is 2.30. The molecule has 2 heterocycles. The van der Waals surface area contributed by atoms with Crippen molar-refractivity contribution in [2.75, 3.05) is 7.11 Å². The molecule has 0 fully saturated rings. The Bertz CT molecular complexity index is 667. The summed E-state index contributed by atoms with van der Waals surface area (Å²) in [7, 11) is 3.16. The second-order valence-electron chi connectivity index (χ2n) is 4.11. The third kappa shape index (κ3) is 1.81. The first-order valence-electron chi connectivity index (χ1n) is 5.71. The Morgan fingerprint density at radius 3 is 2.79 bits per heavy atom. The van der Waals surface area contributed by atoms with Crippen LogP contribution in [0.2, 0.25) is 0 Å². The van der Waals surface area contributed by atoms with E-state index in [1.54, 1.807) is 23.9 Å². The van der Waals surface area contributed by atoms with Gasteiger partial charge < -0.3 is 14.2 Å². The third-order valence-electron chi connectivity index (χ3n) is 2.98. The van der Waals surface area contributed by atoms with E-state index in [1.165, 1.54) is 19.6 Å². The van der Waals surface area contributed by atoms with Gasteiger partial charge in [0, 0.05) is 12.4 Å². The minimum atomic E-state index is -0.535. The fourth-order valence-corrected chi connectivity index (χ4v) is 2.07. The van der Waals surface area contributed by atoms with Crippen LogP contribution in [0.1, 0.15) is 22.3 Å². The molecule has 1 aliphatic rings. The number of esters is 1. The van der Waals surface area contributed by atoms with E-state index in [2.05, 4.69) is 5.10 Å². The Labute approximate surface area is 109 Å². The number of hydrogen-bond donors (Lipinski definition) is 0. The van der Waals surface area contributed by atoms with Crippen LogP contribution in [0.4, 0.5) is 0 Å². The van der Waals surface area contributed by atoms with Crippen molar-refractivity contribution in [3.05, 3.63) is 42.0 Å². The van der Waals surface area contributed by atoms with Crippen LogP contribution >= 0.6 is 0 Å². The maximum atomic E-state index is 11.5. The van der Waals surface area contributed by atoms with Gasteiger partial charge in [-0.25, -0.2) is 4.79 Å². The molecule has 0 bridgehead atoms. The first-order valence-corrected chi connectivity index (χ1v) is 5.71.